The van der Waals surface area contributed by atoms with Gasteiger partial charge >= 0.3 is 5.97 Å². The highest BCUT2D eigenvalue weighted by molar-refractivity contribution is 6.34. The van der Waals surface area contributed by atoms with E-state index in [1.807, 2.05) is 4.90 Å². The van der Waals surface area contributed by atoms with E-state index in [0.717, 1.165) is 0 Å². The molecule has 158 valence electrons. The molecule has 2 aliphatic heterocycles. The number of nitrogens with two attached hydrogens (primary N) is 1. The highest BCUT2D eigenvalue weighted by Crippen LogP contribution is 2.42. The van der Waals surface area contributed by atoms with Crippen LogP contribution in [0.2, 0.25) is 5.02 Å². The molecule has 1 aromatic heterocycles. The molecule has 3 heterocycles. The number of Topliss-reactive ketones (excluding diaryl/α,β-unsaturated/α-hetero) is 1. The predicted molar refractivity (Wildman–Crippen MR) is 108 cm³/mol. The van der Waals surface area contributed by atoms with Crippen LogP contribution >= 0.6 is 11.6 Å². The smallest absolute Gasteiger partial charge is 0.324 e. The summed E-state index contributed by atoms with van der Waals surface area (Å²) in [7, 11) is 0. The molecule has 0 bridgehead atoms. The van der Waals surface area contributed by atoms with Gasteiger partial charge in [0.2, 0.25) is 5.76 Å². The Morgan fingerprint density at radius 3 is 2.90 bits per heavy atom. The van der Waals surface area contributed by atoms with Crippen molar-refractivity contribution in [3.63, 3.8) is 0 Å². The van der Waals surface area contributed by atoms with Crippen molar-refractivity contribution in [3.05, 3.63) is 40.6 Å². The summed E-state index contributed by atoms with van der Waals surface area (Å²) in [5.74, 6) is 0.293. The van der Waals surface area contributed by atoms with Crippen LogP contribution < -0.4 is 20.8 Å². The number of nitrogens with zero attached hydrogens (tertiary/aromatic N) is 3. The number of carboxylic acids is 1. The fourth-order valence-corrected chi connectivity index (χ4v) is 3.99. The van der Waals surface area contributed by atoms with Crippen molar-refractivity contribution >= 4 is 35.0 Å². The van der Waals surface area contributed by atoms with Gasteiger partial charge in [-0.05, 0) is 12.1 Å². The van der Waals surface area contributed by atoms with Crippen LogP contribution in [0.1, 0.15) is 35.4 Å². The van der Waals surface area contributed by atoms with E-state index in [2.05, 4.69) is 15.7 Å². The number of fused-ring (bicyclic) bond motifs is 1. The summed E-state index contributed by atoms with van der Waals surface area (Å²) in [5.41, 5.74) is 8.02. The second kappa shape index (κ2) is 7.86. The van der Waals surface area contributed by atoms with Crippen molar-refractivity contribution in [3.8, 4) is 5.75 Å². The van der Waals surface area contributed by atoms with Crippen molar-refractivity contribution < 1.29 is 24.0 Å². The van der Waals surface area contributed by atoms with E-state index in [-0.39, 0.29) is 30.3 Å². The number of halogens is 1. The molecule has 0 amide bonds. The Balaban J connectivity index is 1.41. The Hall–Kier alpha value is -3.27. The molecule has 1 aromatic carbocycles. The van der Waals surface area contributed by atoms with Gasteiger partial charge in [-0.15, -0.1) is 0 Å². The lowest BCUT2D eigenvalue weighted by atomic mass is 9.82. The molecule has 30 heavy (non-hydrogen) atoms. The molecule has 1 spiro atoms. The molecule has 10 nitrogen and oxygen atoms in total. The van der Waals surface area contributed by atoms with Crippen LogP contribution in [0, 0.1) is 0 Å². The quantitative estimate of drug-likeness (QED) is 0.364. The molecule has 1 fully saturated rings. The van der Waals surface area contributed by atoms with E-state index in [1.54, 1.807) is 24.3 Å². The molecule has 2 aliphatic rings. The number of hydrogen-bond acceptors (Lipinski definition) is 8. The molecule has 0 unspecified atom stereocenters. The van der Waals surface area contributed by atoms with Crippen molar-refractivity contribution in [1.29, 1.82) is 0 Å². The lowest BCUT2D eigenvalue weighted by Crippen LogP contribution is -2.51. The summed E-state index contributed by atoms with van der Waals surface area (Å²) in [4.78, 5) is 25.2. The standard InChI is InChI=1S/C19H20ClN5O5/c20-11-2-1-3-13-17(11)12(26)9-19(29-13)4-6-25(7-5-19)15-8-14(30-24-15)18(21)23-22-10-16(27)28/h1-3,8,22H,4-7,9-10H2,(H2,21,23)(H,27,28). The van der Waals surface area contributed by atoms with Crippen LogP contribution in [-0.2, 0) is 4.79 Å². The maximum absolute atomic E-state index is 12.7. The van der Waals surface area contributed by atoms with E-state index in [1.165, 1.54) is 0 Å². The minimum Gasteiger partial charge on any atom is -0.486 e. The summed E-state index contributed by atoms with van der Waals surface area (Å²) in [6, 6.07) is 6.88. The Bertz CT molecular complexity index is 1010. The number of amidine groups is 1. The summed E-state index contributed by atoms with van der Waals surface area (Å²) >= 11 is 6.16. The molecule has 0 atom stereocenters. The molecule has 1 saturated heterocycles. The molecular weight excluding hydrogens is 414 g/mol. The molecule has 0 aliphatic carbocycles. The molecule has 11 heteroatoms. The average Bonchev–Trinajstić information content (AvgIpc) is 3.18. The zero-order valence-corrected chi connectivity index (χ0v) is 16.7. The first-order valence-corrected chi connectivity index (χ1v) is 9.75. The number of carboxylic acid groups (broad SMARTS) is 1. The molecule has 2 aromatic rings. The van der Waals surface area contributed by atoms with Gasteiger partial charge in [0.15, 0.2) is 17.4 Å². The first-order chi connectivity index (χ1) is 14.4. The fraction of sp³-hybridized carbons (Fsp3) is 0.368. The number of ketones is 1. The number of hydrazone groups is 1. The van der Waals surface area contributed by atoms with E-state index >= 15 is 0 Å². The number of piperidine rings is 1. The van der Waals surface area contributed by atoms with Crippen LogP contribution in [0.5, 0.6) is 5.75 Å². The van der Waals surface area contributed by atoms with Gasteiger partial charge in [-0.25, -0.2) is 0 Å². The van der Waals surface area contributed by atoms with Gasteiger partial charge in [-0.3, -0.25) is 15.0 Å². The minimum absolute atomic E-state index is 0.00169. The molecule has 0 saturated carbocycles. The predicted octanol–water partition coefficient (Wildman–Crippen LogP) is 1.63. The lowest BCUT2D eigenvalue weighted by Gasteiger charge is -2.44. The van der Waals surface area contributed by atoms with Gasteiger partial charge in [0.05, 0.1) is 17.0 Å². The lowest BCUT2D eigenvalue weighted by molar-refractivity contribution is -0.135. The third-order valence-electron chi connectivity index (χ3n) is 5.24. The van der Waals surface area contributed by atoms with Crippen LogP contribution in [0.25, 0.3) is 0 Å². The number of carbonyl (C=O) groups excluding carboxylic acids is 1. The van der Waals surface area contributed by atoms with Gasteiger partial charge in [0, 0.05) is 32.0 Å². The molecule has 4 N–H and O–H groups in total. The number of hydrogen-bond donors (Lipinski definition) is 3. The van der Waals surface area contributed by atoms with Gasteiger partial charge in [-0.2, -0.15) is 5.10 Å². The van der Waals surface area contributed by atoms with Crippen molar-refractivity contribution in [1.82, 2.24) is 10.6 Å². The minimum atomic E-state index is -1.06. The Labute approximate surface area is 176 Å². The van der Waals surface area contributed by atoms with E-state index in [0.29, 0.717) is 48.1 Å². The first kappa shape index (κ1) is 20.0. The average molecular weight is 434 g/mol. The maximum atomic E-state index is 12.7. The number of anilines is 1. The highest BCUT2D eigenvalue weighted by Gasteiger charge is 2.44. The number of carbonyl (C=O) groups is 2. The summed E-state index contributed by atoms with van der Waals surface area (Å²) < 4.78 is 11.4. The second-order valence-corrected chi connectivity index (χ2v) is 7.67. The SMILES string of the molecule is N/C(=N\NCC(=O)O)c1cc(N2CCC3(CC2)CC(=O)c2c(Cl)cccc2O3)no1. The normalized spacial score (nSPS) is 18.1. The number of nitrogens with one attached hydrogen (secondary N) is 1. The Kier molecular flexibility index (Phi) is 5.25. The third kappa shape index (κ3) is 3.90. The van der Waals surface area contributed by atoms with Gasteiger partial charge in [0.25, 0.3) is 0 Å². The van der Waals surface area contributed by atoms with E-state index in [9.17, 15) is 9.59 Å². The number of aliphatic carboxylic acids is 1. The Morgan fingerprint density at radius 1 is 1.40 bits per heavy atom. The molecule has 4 rings (SSSR count). The second-order valence-electron chi connectivity index (χ2n) is 7.26. The first-order valence-electron chi connectivity index (χ1n) is 9.37. The third-order valence-corrected chi connectivity index (χ3v) is 5.56. The maximum Gasteiger partial charge on any atom is 0.324 e. The van der Waals surface area contributed by atoms with Crippen LogP contribution in [-0.4, -0.2) is 53.1 Å². The monoisotopic (exact) mass is 433 g/mol. The highest BCUT2D eigenvalue weighted by atomic mass is 35.5. The van der Waals surface area contributed by atoms with Gasteiger partial charge in [0.1, 0.15) is 17.9 Å². The summed E-state index contributed by atoms with van der Waals surface area (Å²) in [6.45, 7) is 0.871. The topological polar surface area (TPSA) is 143 Å². The van der Waals surface area contributed by atoms with E-state index < -0.39 is 11.6 Å². The van der Waals surface area contributed by atoms with Crippen LogP contribution in [0.4, 0.5) is 5.82 Å². The van der Waals surface area contributed by atoms with Crippen LogP contribution in [0.3, 0.4) is 0 Å². The number of benzene rings is 1. The van der Waals surface area contributed by atoms with Gasteiger partial charge < -0.3 is 25.0 Å². The summed E-state index contributed by atoms with van der Waals surface area (Å²) in [5, 5.41) is 16.8. The fourth-order valence-electron chi connectivity index (χ4n) is 3.72. The molecular formula is C19H20ClN5O5. The van der Waals surface area contributed by atoms with Crippen LogP contribution in [0.15, 0.2) is 33.9 Å². The van der Waals surface area contributed by atoms with E-state index in [4.69, 9.17) is 31.7 Å². The number of aromatic nitrogens is 1. The zero-order valence-electron chi connectivity index (χ0n) is 15.9. The number of rotatable bonds is 5. The van der Waals surface area contributed by atoms with Gasteiger partial charge in [-0.1, -0.05) is 22.8 Å². The Morgan fingerprint density at radius 2 is 2.17 bits per heavy atom. The zero-order chi connectivity index (χ0) is 21.3. The summed E-state index contributed by atoms with van der Waals surface area (Å²) in [6.07, 6.45) is 1.56. The van der Waals surface area contributed by atoms with Crippen molar-refractivity contribution in [2.45, 2.75) is 24.9 Å². The largest absolute Gasteiger partial charge is 0.486 e. The molecule has 0 radical (unpaired) electrons. The van der Waals surface area contributed by atoms with Crippen molar-refractivity contribution in [2.75, 3.05) is 24.5 Å². The number of ether oxygens (including phenoxy) is 1. The van der Waals surface area contributed by atoms with Crippen molar-refractivity contribution in [2.24, 2.45) is 10.8 Å².